The fourth-order valence-corrected chi connectivity index (χ4v) is 2.27. The van der Waals surface area contributed by atoms with Gasteiger partial charge < -0.3 is 10.1 Å². The maximum absolute atomic E-state index is 10.4. The summed E-state index contributed by atoms with van der Waals surface area (Å²) >= 11 is 5.85. The molecule has 0 saturated carbocycles. The monoisotopic (exact) mass is 257 g/mol. The number of nitrogens with one attached hydrogen (secondary N) is 1. The summed E-state index contributed by atoms with van der Waals surface area (Å²) in [6.07, 6.45) is 1.21. The Morgan fingerprint density at radius 3 is 2.50 bits per heavy atom. The highest BCUT2D eigenvalue weighted by molar-refractivity contribution is 6.30. The molecule has 0 bridgehead atoms. The number of aliphatic hydroxyl groups excluding tert-OH is 1. The molecule has 90 valence electrons. The molecule has 0 unspecified atom stereocenters. The highest BCUT2D eigenvalue weighted by Crippen LogP contribution is 2.29. The Kier molecular flexibility index (Phi) is 2.82. The van der Waals surface area contributed by atoms with Crippen molar-refractivity contribution in [3.8, 4) is 0 Å². The van der Waals surface area contributed by atoms with Gasteiger partial charge in [0.1, 0.15) is 6.10 Å². The zero-order chi connectivity index (χ0) is 12.5. The number of H-pyrrole nitrogens is 1. The number of aromatic nitrogens is 1. The molecule has 0 aliphatic carbocycles. The number of hydrogen-bond donors (Lipinski definition) is 2. The molecule has 0 radical (unpaired) electrons. The highest BCUT2D eigenvalue weighted by atomic mass is 35.5. The van der Waals surface area contributed by atoms with Gasteiger partial charge in [0.2, 0.25) is 0 Å². The van der Waals surface area contributed by atoms with E-state index in [4.69, 9.17) is 11.6 Å². The van der Waals surface area contributed by atoms with Crippen LogP contribution in [0.1, 0.15) is 17.2 Å². The molecule has 0 aliphatic rings. The summed E-state index contributed by atoms with van der Waals surface area (Å²) < 4.78 is 0. The van der Waals surface area contributed by atoms with Gasteiger partial charge in [0.15, 0.2) is 0 Å². The maximum atomic E-state index is 10.4. The second-order valence-corrected chi connectivity index (χ2v) is 4.68. The molecule has 3 heteroatoms. The summed E-state index contributed by atoms with van der Waals surface area (Å²) in [5, 5.41) is 12.1. The van der Waals surface area contributed by atoms with E-state index < -0.39 is 6.10 Å². The molecule has 0 spiro atoms. The molecule has 2 N–H and O–H groups in total. The average molecular weight is 258 g/mol. The van der Waals surface area contributed by atoms with Crippen LogP contribution in [-0.2, 0) is 0 Å². The van der Waals surface area contributed by atoms with Crippen molar-refractivity contribution in [2.45, 2.75) is 6.10 Å². The molecule has 0 amide bonds. The predicted octanol–water partition coefficient (Wildman–Crippen LogP) is 3.90. The fraction of sp³-hybridized carbons (Fsp3) is 0.0667. The van der Waals surface area contributed by atoms with E-state index in [9.17, 15) is 5.11 Å². The van der Waals surface area contributed by atoms with Gasteiger partial charge in [0.05, 0.1) is 0 Å². The van der Waals surface area contributed by atoms with Crippen molar-refractivity contribution >= 4 is 22.5 Å². The number of aliphatic hydroxyl groups is 1. The lowest BCUT2D eigenvalue weighted by atomic mass is 10.0. The minimum absolute atomic E-state index is 0.640. The van der Waals surface area contributed by atoms with E-state index >= 15 is 0 Å². The molecule has 0 aliphatic heterocycles. The van der Waals surface area contributed by atoms with Crippen LogP contribution in [-0.4, -0.2) is 10.1 Å². The van der Waals surface area contributed by atoms with Crippen LogP contribution >= 0.6 is 11.6 Å². The number of rotatable bonds is 2. The van der Waals surface area contributed by atoms with Gasteiger partial charge in [-0.3, -0.25) is 0 Å². The lowest BCUT2D eigenvalue weighted by Crippen LogP contribution is -1.98. The van der Waals surface area contributed by atoms with Gasteiger partial charge in [-0.1, -0.05) is 41.9 Å². The molecule has 3 rings (SSSR count). The lowest BCUT2D eigenvalue weighted by molar-refractivity contribution is 0.222. The molecule has 0 fully saturated rings. The third-order valence-electron chi connectivity index (χ3n) is 3.10. The molecular formula is C15H12ClNO. The van der Waals surface area contributed by atoms with Crippen molar-refractivity contribution in [2.24, 2.45) is 0 Å². The Labute approximate surface area is 110 Å². The normalized spacial score (nSPS) is 12.8. The summed E-state index contributed by atoms with van der Waals surface area (Å²) in [7, 11) is 0. The molecular weight excluding hydrogens is 246 g/mol. The quantitative estimate of drug-likeness (QED) is 0.718. The van der Waals surface area contributed by atoms with Gasteiger partial charge >= 0.3 is 0 Å². The minimum Gasteiger partial charge on any atom is -0.384 e. The van der Waals surface area contributed by atoms with E-state index in [1.54, 1.807) is 12.1 Å². The Balaban J connectivity index is 2.06. The van der Waals surface area contributed by atoms with Crippen molar-refractivity contribution < 1.29 is 5.11 Å². The molecule has 18 heavy (non-hydrogen) atoms. The van der Waals surface area contributed by atoms with Crippen LogP contribution in [0.4, 0.5) is 0 Å². The maximum Gasteiger partial charge on any atom is 0.106 e. The third kappa shape index (κ3) is 1.90. The topological polar surface area (TPSA) is 36.0 Å². The Hall–Kier alpha value is -1.77. The van der Waals surface area contributed by atoms with E-state index in [-0.39, 0.29) is 0 Å². The van der Waals surface area contributed by atoms with Crippen molar-refractivity contribution in [1.29, 1.82) is 0 Å². The Morgan fingerprint density at radius 1 is 1.00 bits per heavy atom. The zero-order valence-corrected chi connectivity index (χ0v) is 10.4. The van der Waals surface area contributed by atoms with Crippen LogP contribution < -0.4 is 0 Å². The van der Waals surface area contributed by atoms with Crippen LogP contribution in [0.15, 0.2) is 54.7 Å². The van der Waals surface area contributed by atoms with Crippen molar-refractivity contribution in [3.63, 3.8) is 0 Å². The Morgan fingerprint density at radius 2 is 1.72 bits per heavy atom. The van der Waals surface area contributed by atoms with Crippen LogP contribution in [0.25, 0.3) is 10.9 Å². The number of halogens is 1. The van der Waals surface area contributed by atoms with Crippen LogP contribution in [0.5, 0.6) is 0 Å². The van der Waals surface area contributed by atoms with E-state index in [1.165, 1.54) is 0 Å². The van der Waals surface area contributed by atoms with Gasteiger partial charge in [-0.2, -0.15) is 0 Å². The summed E-state index contributed by atoms with van der Waals surface area (Å²) in [5.41, 5.74) is 2.75. The number of para-hydroxylation sites is 1. The first-order chi connectivity index (χ1) is 8.75. The van der Waals surface area contributed by atoms with Crippen molar-refractivity contribution in [1.82, 2.24) is 4.98 Å². The smallest absolute Gasteiger partial charge is 0.106 e. The largest absolute Gasteiger partial charge is 0.384 e. The molecule has 0 saturated heterocycles. The van der Waals surface area contributed by atoms with E-state index in [1.807, 2.05) is 42.6 Å². The van der Waals surface area contributed by atoms with E-state index in [2.05, 4.69) is 4.98 Å². The van der Waals surface area contributed by atoms with Crippen LogP contribution in [0, 0.1) is 0 Å². The lowest BCUT2D eigenvalue weighted by Gasteiger charge is -2.10. The molecule has 1 heterocycles. The predicted molar refractivity (Wildman–Crippen MR) is 73.8 cm³/mol. The van der Waals surface area contributed by atoms with E-state index in [0.717, 1.165) is 22.0 Å². The molecule has 2 aromatic carbocycles. The molecule has 1 atom stereocenters. The number of fused-ring (bicyclic) bond motifs is 1. The third-order valence-corrected chi connectivity index (χ3v) is 3.35. The van der Waals surface area contributed by atoms with E-state index in [0.29, 0.717) is 5.02 Å². The van der Waals surface area contributed by atoms with Crippen molar-refractivity contribution in [3.05, 3.63) is 70.9 Å². The van der Waals surface area contributed by atoms with Crippen LogP contribution in [0.3, 0.4) is 0 Å². The van der Waals surface area contributed by atoms with Gasteiger partial charge in [-0.05, 0) is 23.8 Å². The molecule has 3 aromatic rings. The summed E-state index contributed by atoms with van der Waals surface area (Å²) in [4.78, 5) is 3.16. The second-order valence-electron chi connectivity index (χ2n) is 4.24. The first-order valence-electron chi connectivity index (χ1n) is 5.75. The molecule has 2 nitrogen and oxygen atoms in total. The van der Waals surface area contributed by atoms with Gasteiger partial charge in [-0.15, -0.1) is 0 Å². The summed E-state index contributed by atoms with van der Waals surface area (Å²) in [5.74, 6) is 0. The highest BCUT2D eigenvalue weighted by Gasteiger charge is 2.14. The zero-order valence-electron chi connectivity index (χ0n) is 9.60. The number of hydrogen-bond acceptors (Lipinski definition) is 1. The summed E-state index contributed by atoms with van der Waals surface area (Å²) in [6, 6.07) is 15.2. The summed E-state index contributed by atoms with van der Waals surface area (Å²) in [6.45, 7) is 0. The van der Waals surface area contributed by atoms with Crippen molar-refractivity contribution in [2.75, 3.05) is 0 Å². The standard InChI is InChI=1S/C15H12ClNO/c16-11-7-5-10(6-8-11)15(18)13-9-17-14-4-2-1-3-12(13)14/h1-9,15,17-18H/t15-/m1/s1. The molecule has 1 aromatic heterocycles. The SMILES string of the molecule is O[C@H](c1ccc(Cl)cc1)c1c[nH]c2ccccc12. The minimum atomic E-state index is -0.640. The fourth-order valence-electron chi connectivity index (χ4n) is 2.14. The Bertz CT molecular complexity index is 672. The first kappa shape index (κ1) is 11.3. The number of aromatic amines is 1. The second kappa shape index (κ2) is 4.48. The van der Waals surface area contributed by atoms with Gasteiger partial charge in [0.25, 0.3) is 0 Å². The average Bonchev–Trinajstić information content (AvgIpc) is 2.82. The van der Waals surface area contributed by atoms with Gasteiger partial charge in [-0.25, -0.2) is 0 Å². The van der Waals surface area contributed by atoms with Crippen LogP contribution in [0.2, 0.25) is 5.02 Å². The first-order valence-corrected chi connectivity index (χ1v) is 6.13. The number of benzene rings is 2. The van der Waals surface area contributed by atoms with Gasteiger partial charge in [0, 0.05) is 27.7 Å².